The van der Waals surface area contributed by atoms with Crippen LogP contribution in [0.3, 0.4) is 0 Å². The molecule has 0 bridgehead atoms. The highest BCUT2D eigenvalue weighted by atomic mass is 32.2. The molecule has 1 amide bonds. The van der Waals surface area contributed by atoms with E-state index in [1.807, 2.05) is 11.6 Å². The number of esters is 1. The zero-order chi connectivity index (χ0) is 33.0. The lowest BCUT2D eigenvalue weighted by molar-refractivity contribution is -0.718. The van der Waals surface area contributed by atoms with Crippen LogP contribution in [-0.2, 0) is 35.4 Å². The van der Waals surface area contributed by atoms with Crippen LogP contribution < -0.4 is 4.72 Å². The largest absolute Gasteiger partial charge is 0.569 e. The van der Waals surface area contributed by atoms with Crippen molar-refractivity contribution in [3.8, 4) is 16.9 Å². The highest BCUT2D eigenvalue weighted by molar-refractivity contribution is 7.90. The number of nitrogens with one attached hydrogen (secondary N) is 1. The van der Waals surface area contributed by atoms with E-state index in [9.17, 15) is 36.4 Å². The molecule has 17 heteroatoms. The fourth-order valence-corrected chi connectivity index (χ4v) is 4.64. The monoisotopic (exact) mass is 640 g/mol. The standard InChI is InChI=1S/C27H31F3N6O7S/c1-7-24(37)42-18(3)43-33-36(39)34(6)26(4,5)25(38)32-44(40,41)21-14-12-20(13-15-21)35-22(16-23(31-35)27(28,29)30)19-10-8-17(2)9-11-19/h8-16,18H,7H2,1-6H3,(H,32,38)/b36-33+. The van der Waals surface area contributed by atoms with Crippen molar-refractivity contribution in [2.45, 2.75) is 63.9 Å². The van der Waals surface area contributed by atoms with Crippen LogP contribution in [0.15, 0.2) is 64.8 Å². The third-order valence-corrected chi connectivity index (χ3v) is 7.79. The molecule has 1 atom stereocenters. The van der Waals surface area contributed by atoms with Gasteiger partial charge in [0.05, 0.1) is 28.3 Å². The zero-order valence-electron chi connectivity index (χ0n) is 24.6. The van der Waals surface area contributed by atoms with Gasteiger partial charge in [0, 0.05) is 18.9 Å². The first-order chi connectivity index (χ1) is 20.4. The first-order valence-corrected chi connectivity index (χ1v) is 14.5. The summed E-state index contributed by atoms with van der Waals surface area (Å²) in [4.78, 5) is 28.6. The van der Waals surface area contributed by atoms with Crippen molar-refractivity contribution in [3.63, 3.8) is 0 Å². The number of rotatable bonds is 11. The summed E-state index contributed by atoms with van der Waals surface area (Å²) in [5.74, 6) is -1.71. The molecule has 0 aliphatic heterocycles. The lowest BCUT2D eigenvalue weighted by atomic mass is 10.1. The van der Waals surface area contributed by atoms with E-state index < -0.39 is 45.6 Å². The molecule has 1 aromatic heterocycles. The molecule has 0 aliphatic carbocycles. The Labute approximate surface area is 251 Å². The molecule has 0 spiro atoms. The van der Waals surface area contributed by atoms with E-state index in [0.717, 1.165) is 40.5 Å². The van der Waals surface area contributed by atoms with Crippen molar-refractivity contribution in [2.75, 3.05) is 7.05 Å². The van der Waals surface area contributed by atoms with Crippen LogP contribution in [0.4, 0.5) is 13.2 Å². The van der Waals surface area contributed by atoms with Gasteiger partial charge in [0.15, 0.2) is 11.2 Å². The van der Waals surface area contributed by atoms with E-state index in [1.165, 1.54) is 32.9 Å². The SMILES string of the molecule is CCC(=O)OC(C)O/N=[N+](/[O-])N(C)C(C)(C)C(=O)NS(=O)(=O)c1ccc(-n2nc(C(F)(F)F)cc2-c2ccc(C)cc2)cc1. The molecule has 44 heavy (non-hydrogen) atoms. The lowest BCUT2D eigenvalue weighted by Gasteiger charge is -2.29. The topological polar surface area (TPSA) is 158 Å². The van der Waals surface area contributed by atoms with Gasteiger partial charge in [-0.15, -0.1) is 5.01 Å². The molecule has 2 aromatic carbocycles. The third-order valence-electron chi connectivity index (χ3n) is 6.44. The number of amides is 1. The number of aromatic nitrogens is 2. The maximum Gasteiger partial charge on any atom is 0.435 e. The molecule has 0 radical (unpaired) electrons. The molecule has 1 N–H and O–H groups in total. The van der Waals surface area contributed by atoms with Gasteiger partial charge in [-0.05, 0) is 51.1 Å². The summed E-state index contributed by atoms with van der Waals surface area (Å²) < 4.78 is 74.3. The minimum atomic E-state index is -4.72. The normalized spacial score (nSPS) is 13.2. The van der Waals surface area contributed by atoms with Gasteiger partial charge in [-0.3, -0.25) is 14.4 Å². The number of carbonyl (C=O) groups is 2. The summed E-state index contributed by atoms with van der Waals surface area (Å²) in [7, 11) is -3.36. The van der Waals surface area contributed by atoms with Crippen molar-refractivity contribution < 1.29 is 45.7 Å². The van der Waals surface area contributed by atoms with Gasteiger partial charge in [-0.2, -0.15) is 18.3 Å². The van der Waals surface area contributed by atoms with Crippen LogP contribution in [-0.4, -0.2) is 58.9 Å². The van der Waals surface area contributed by atoms with Crippen LogP contribution in [0.25, 0.3) is 16.9 Å². The molecule has 0 saturated heterocycles. The number of nitrogens with zero attached hydrogens (tertiary/aromatic N) is 5. The smallest absolute Gasteiger partial charge is 0.435 e. The Kier molecular flexibility index (Phi) is 9.92. The number of hydrogen-bond acceptors (Lipinski definition) is 9. The number of halogens is 3. The summed E-state index contributed by atoms with van der Waals surface area (Å²) in [5, 5.41) is 20.0. The zero-order valence-corrected chi connectivity index (χ0v) is 25.4. The fourth-order valence-electron chi connectivity index (χ4n) is 3.53. The molecule has 3 rings (SSSR count). The fraction of sp³-hybridized carbons (Fsp3) is 0.370. The van der Waals surface area contributed by atoms with Crippen LogP contribution in [0.2, 0.25) is 0 Å². The van der Waals surface area contributed by atoms with Crippen LogP contribution in [0.5, 0.6) is 0 Å². The maximum atomic E-state index is 13.5. The molecule has 3 aromatic rings. The number of ether oxygens (including phenoxy) is 1. The molecular weight excluding hydrogens is 609 g/mol. The Morgan fingerprint density at radius 1 is 1.14 bits per heavy atom. The molecular formula is C27H31F3N6O7S. The van der Waals surface area contributed by atoms with Gasteiger partial charge in [-0.1, -0.05) is 36.8 Å². The number of hydrogen-bond donors (Lipinski definition) is 1. The summed E-state index contributed by atoms with van der Waals surface area (Å²) >= 11 is 0. The first kappa shape index (κ1) is 33.8. The van der Waals surface area contributed by atoms with E-state index >= 15 is 0 Å². The number of aryl methyl sites for hydroxylation is 1. The van der Waals surface area contributed by atoms with Gasteiger partial charge in [0.25, 0.3) is 22.2 Å². The Bertz CT molecular complexity index is 1640. The average Bonchev–Trinajstić information content (AvgIpc) is 3.42. The summed E-state index contributed by atoms with van der Waals surface area (Å²) in [6, 6.07) is 12.3. The minimum absolute atomic E-state index is 0.0653. The molecule has 0 fully saturated rings. The quantitative estimate of drug-likeness (QED) is 0.105. The van der Waals surface area contributed by atoms with Crippen LogP contribution in [0.1, 0.15) is 45.4 Å². The van der Waals surface area contributed by atoms with Crippen LogP contribution >= 0.6 is 0 Å². The van der Waals surface area contributed by atoms with Crippen molar-refractivity contribution in [2.24, 2.45) is 5.28 Å². The van der Waals surface area contributed by atoms with Crippen molar-refractivity contribution in [1.82, 2.24) is 19.5 Å². The maximum absolute atomic E-state index is 13.5. The summed E-state index contributed by atoms with van der Waals surface area (Å²) in [5.41, 5.74) is -1.32. The Hall–Kier alpha value is -4.67. The van der Waals surface area contributed by atoms with Gasteiger partial charge in [0.1, 0.15) is 0 Å². The lowest BCUT2D eigenvalue weighted by Crippen LogP contribution is -2.56. The van der Waals surface area contributed by atoms with Gasteiger partial charge in [0.2, 0.25) is 5.28 Å². The molecule has 0 aliphatic rings. The number of hydrazine groups is 1. The highest BCUT2D eigenvalue weighted by Crippen LogP contribution is 2.33. The molecule has 0 saturated carbocycles. The van der Waals surface area contributed by atoms with Gasteiger partial charge in [-0.25, -0.2) is 17.8 Å². The molecule has 1 unspecified atom stereocenters. The first-order valence-electron chi connectivity index (χ1n) is 13.1. The second kappa shape index (κ2) is 12.9. The van der Waals surface area contributed by atoms with E-state index in [1.54, 1.807) is 31.2 Å². The Morgan fingerprint density at radius 2 is 1.73 bits per heavy atom. The molecule has 238 valence electrons. The average molecular weight is 641 g/mol. The molecule has 1 heterocycles. The van der Waals surface area contributed by atoms with Gasteiger partial charge < -0.3 is 9.94 Å². The Balaban J connectivity index is 1.82. The van der Waals surface area contributed by atoms with E-state index in [2.05, 4.69) is 10.4 Å². The minimum Gasteiger partial charge on any atom is -0.569 e. The Morgan fingerprint density at radius 3 is 2.27 bits per heavy atom. The van der Waals surface area contributed by atoms with E-state index in [4.69, 9.17) is 9.57 Å². The van der Waals surface area contributed by atoms with Crippen molar-refractivity contribution in [1.29, 1.82) is 0 Å². The van der Waals surface area contributed by atoms with E-state index in [0.29, 0.717) is 5.56 Å². The number of benzene rings is 2. The van der Waals surface area contributed by atoms with Crippen LogP contribution in [0, 0.1) is 12.1 Å². The van der Waals surface area contributed by atoms with E-state index in [-0.39, 0.29) is 27.7 Å². The number of likely N-dealkylation sites (N-methyl/N-ethyl adjacent to an activating group) is 1. The second-order valence-corrected chi connectivity index (χ2v) is 11.7. The van der Waals surface area contributed by atoms with Crippen molar-refractivity contribution >= 4 is 21.9 Å². The summed E-state index contributed by atoms with van der Waals surface area (Å²) in [6.07, 6.45) is -5.87. The summed E-state index contributed by atoms with van der Waals surface area (Å²) in [6.45, 7) is 7.17. The predicted molar refractivity (Wildman–Crippen MR) is 149 cm³/mol. The number of alkyl halides is 3. The van der Waals surface area contributed by atoms with Crippen molar-refractivity contribution in [3.05, 3.63) is 71.1 Å². The number of carbonyl (C=O) groups excluding carboxylic acids is 2. The van der Waals surface area contributed by atoms with Gasteiger partial charge >= 0.3 is 12.1 Å². The number of sulfonamides is 1. The predicted octanol–water partition coefficient (Wildman–Crippen LogP) is 4.49. The highest BCUT2D eigenvalue weighted by Gasteiger charge is 2.41. The molecule has 13 nitrogen and oxygen atoms in total. The third kappa shape index (κ3) is 7.83. The second-order valence-electron chi connectivity index (χ2n) is 10.1.